The van der Waals surface area contributed by atoms with Crippen LogP contribution in [0.5, 0.6) is 0 Å². The van der Waals surface area contributed by atoms with Crippen LogP contribution < -0.4 is 5.32 Å². The van der Waals surface area contributed by atoms with Gasteiger partial charge >= 0.3 is 0 Å². The maximum Gasteiger partial charge on any atom is 0.213 e. The van der Waals surface area contributed by atoms with E-state index in [1.54, 1.807) is 24.5 Å². The first kappa shape index (κ1) is 17.0. The predicted molar refractivity (Wildman–Crippen MR) is 98.4 cm³/mol. The van der Waals surface area contributed by atoms with Crippen molar-refractivity contribution in [3.05, 3.63) is 52.4 Å². The third-order valence-electron chi connectivity index (χ3n) is 4.13. The van der Waals surface area contributed by atoms with Crippen molar-refractivity contribution in [2.45, 2.75) is 19.3 Å². The van der Waals surface area contributed by atoms with Crippen LogP contribution >= 0.6 is 15.9 Å². The van der Waals surface area contributed by atoms with Crippen LogP contribution in [0.4, 0.5) is 5.82 Å². The van der Waals surface area contributed by atoms with Crippen molar-refractivity contribution in [2.75, 3.05) is 31.5 Å². The number of nitrogens with one attached hydrogen (secondary N) is 1. The highest BCUT2D eigenvalue weighted by Gasteiger charge is 2.13. The summed E-state index contributed by atoms with van der Waals surface area (Å²) in [4.78, 5) is 23.5. The van der Waals surface area contributed by atoms with E-state index in [4.69, 9.17) is 0 Å². The summed E-state index contributed by atoms with van der Waals surface area (Å²) in [6, 6.07) is 7.24. The summed E-state index contributed by atoms with van der Waals surface area (Å²) in [5.41, 5.74) is 0.959. The number of aromatic nitrogens is 2. The number of piperidine rings is 1. The molecule has 24 heavy (non-hydrogen) atoms. The molecule has 3 rings (SSSR count). The van der Waals surface area contributed by atoms with Crippen LogP contribution in [0.1, 0.15) is 35.3 Å². The Morgan fingerprint density at radius 1 is 1.21 bits per heavy atom. The van der Waals surface area contributed by atoms with Gasteiger partial charge in [-0.15, -0.1) is 0 Å². The van der Waals surface area contributed by atoms with Crippen molar-refractivity contribution < 1.29 is 4.79 Å². The molecule has 1 aliphatic rings. The summed E-state index contributed by atoms with van der Waals surface area (Å²) < 4.78 is 0.782. The minimum atomic E-state index is -0.122. The van der Waals surface area contributed by atoms with E-state index in [0.29, 0.717) is 11.3 Å². The minimum Gasteiger partial charge on any atom is -0.369 e. The summed E-state index contributed by atoms with van der Waals surface area (Å²) in [7, 11) is 0. The first-order valence-corrected chi connectivity index (χ1v) is 9.10. The van der Waals surface area contributed by atoms with Gasteiger partial charge < -0.3 is 10.2 Å². The Labute approximate surface area is 150 Å². The van der Waals surface area contributed by atoms with Crippen LogP contribution in [0.3, 0.4) is 0 Å². The van der Waals surface area contributed by atoms with Crippen molar-refractivity contribution in [3.63, 3.8) is 0 Å². The molecule has 0 saturated carbocycles. The van der Waals surface area contributed by atoms with Gasteiger partial charge in [-0.1, -0.05) is 12.5 Å². The molecule has 0 aromatic carbocycles. The van der Waals surface area contributed by atoms with Crippen LogP contribution in [0.2, 0.25) is 0 Å². The SMILES string of the molecule is O=C(c1cncc(Br)c1)c1cccc(NCCN2CCCCC2)n1. The molecule has 3 heterocycles. The quantitative estimate of drug-likeness (QED) is 0.768. The molecule has 2 aromatic rings. The number of carbonyl (C=O) groups is 1. The fraction of sp³-hybridized carbons (Fsp3) is 0.389. The van der Waals surface area contributed by atoms with Crippen molar-refractivity contribution >= 4 is 27.5 Å². The number of pyridine rings is 2. The number of rotatable bonds is 6. The van der Waals surface area contributed by atoms with Crippen molar-refractivity contribution in [3.8, 4) is 0 Å². The average Bonchev–Trinajstić information content (AvgIpc) is 2.62. The number of ketones is 1. The summed E-state index contributed by atoms with van der Waals surface area (Å²) in [6.45, 7) is 4.21. The standard InChI is InChI=1S/C18H21BrN4O/c19-15-11-14(12-20-13-15)18(24)16-5-4-6-17(22-16)21-7-10-23-8-2-1-3-9-23/h4-6,11-13H,1-3,7-10H2,(H,21,22). The predicted octanol–water partition coefficient (Wildman–Crippen LogP) is 3.37. The molecule has 0 amide bonds. The molecule has 5 nitrogen and oxygen atoms in total. The number of carbonyl (C=O) groups excluding carboxylic acids is 1. The number of hydrogen-bond donors (Lipinski definition) is 1. The Hall–Kier alpha value is -1.79. The molecule has 2 aromatic heterocycles. The van der Waals surface area contributed by atoms with Crippen molar-refractivity contribution in [2.24, 2.45) is 0 Å². The lowest BCUT2D eigenvalue weighted by Crippen LogP contribution is -2.33. The van der Waals surface area contributed by atoms with Gasteiger partial charge in [0.15, 0.2) is 0 Å². The van der Waals surface area contributed by atoms with E-state index < -0.39 is 0 Å². The Kier molecular flexibility index (Phi) is 5.93. The number of halogens is 1. The van der Waals surface area contributed by atoms with E-state index in [-0.39, 0.29) is 5.78 Å². The van der Waals surface area contributed by atoms with Gasteiger partial charge in [-0.25, -0.2) is 4.98 Å². The number of hydrogen-bond acceptors (Lipinski definition) is 5. The lowest BCUT2D eigenvalue weighted by atomic mass is 10.1. The van der Waals surface area contributed by atoms with Crippen molar-refractivity contribution in [1.29, 1.82) is 0 Å². The van der Waals surface area contributed by atoms with Gasteiger partial charge in [0, 0.05) is 35.5 Å². The van der Waals surface area contributed by atoms with Crippen molar-refractivity contribution in [1.82, 2.24) is 14.9 Å². The maximum atomic E-state index is 12.5. The van der Waals surface area contributed by atoms with Crippen LogP contribution in [0, 0.1) is 0 Å². The normalized spacial score (nSPS) is 15.2. The summed E-state index contributed by atoms with van der Waals surface area (Å²) >= 11 is 3.34. The molecule has 0 bridgehead atoms. The third-order valence-corrected chi connectivity index (χ3v) is 4.57. The first-order valence-electron chi connectivity index (χ1n) is 8.31. The molecule has 1 fully saturated rings. The third kappa shape index (κ3) is 4.61. The maximum absolute atomic E-state index is 12.5. The largest absolute Gasteiger partial charge is 0.369 e. The van der Waals surface area contributed by atoms with E-state index in [1.165, 1.54) is 32.4 Å². The average molecular weight is 389 g/mol. The van der Waals surface area contributed by atoms with Crippen LogP contribution in [0.25, 0.3) is 0 Å². The monoisotopic (exact) mass is 388 g/mol. The molecule has 0 radical (unpaired) electrons. The minimum absolute atomic E-state index is 0.122. The highest BCUT2D eigenvalue weighted by molar-refractivity contribution is 9.10. The lowest BCUT2D eigenvalue weighted by molar-refractivity contribution is 0.103. The molecule has 1 aliphatic heterocycles. The molecular weight excluding hydrogens is 368 g/mol. The van der Waals surface area contributed by atoms with E-state index >= 15 is 0 Å². The van der Waals surface area contributed by atoms with Gasteiger partial charge in [0.2, 0.25) is 5.78 Å². The Balaban J connectivity index is 1.60. The molecule has 0 spiro atoms. The smallest absolute Gasteiger partial charge is 0.213 e. The molecule has 1 saturated heterocycles. The van der Waals surface area contributed by atoms with E-state index in [1.807, 2.05) is 12.1 Å². The zero-order chi connectivity index (χ0) is 16.8. The van der Waals surface area contributed by atoms with Crippen LogP contribution in [0.15, 0.2) is 41.1 Å². The molecule has 1 N–H and O–H groups in total. The highest BCUT2D eigenvalue weighted by Crippen LogP contribution is 2.14. The molecule has 0 unspecified atom stereocenters. The first-order chi connectivity index (χ1) is 11.7. The molecular formula is C18H21BrN4O. The van der Waals surface area contributed by atoms with E-state index in [2.05, 4.69) is 36.1 Å². The summed E-state index contributed by atoms with van der Waals surface area (Å²) in [6.07, 6.45) is 7.15. The molecule has 6 heteroatoms. The van der Waals surface area contributed by atoms with Gasteiger partial charge in [-0.3, -0.25) is 9.78 Å². The summed E-state index contributed by atoms with van der Waals surface area (Å²) in [5.74, 6) is 0.615. The topological polar surface area (TPSA) is 58.1 Å². The second-order valence-electron chi connectivity index (χ2n) is 5.96. The zero-order valence-electron chi connectivity index (χ0n) is 13.5. The number of nitrogens with zero attached hydrogens (tertiary/aromatic N) is 3. The Morgan fingerprint density at radius 3 is 2.83 bits per heavy atom. The molecule has 0 atom stereocenters. The fourth-order valence-electron chi connectivity index (χ4n) is 2.87. The Bertz CT molecular complexity index is 701. The number of likely N-dealkylation sites (tertiary alicyclic amines) is 1. The second kappa shape index (κ2) is 8.35. The van der Waals surface area contributed by atoms with Crippen LogP contribution in [-0.4, -0.2) is 46.8 Å². The fourth-order valence-corrected chi connectivity index (χ4v) is 3.23. The van der Waals surface area contributed by atoms with Gasteiger partial charge in [-0.05, 0) is 60.1 Å². The van der Waals surface area contributed by atoms with Gasteiger partial charge in [0.1, 0.15) is 11.5 Å². The van der Waals surface area contributed by atoms with Gasteiger partial charge in [0.05, 0.1) is 0 Å². The second-order valence-corrected chi connectivity index (χ2v) is 6.87. The van der Waals surface area contributed by atoms with E-state index in [0.717, 1.165) is 23.4 Å². The van der Waals surface area contributed by atoms with E-state index in [9.17, 15) is 4.79 Å². The number of anilines is 1. The lowest BCUT2D eigenvalue weighted by Gasteiger charge is -2.26. The van der Waals surface area contributed by atoms with Crippen LogP contribution in [-0.2, 0) is 0 Å². The molecule has 0 aliphatic carbocycles. The molecule has 126 valence electrons. The van der Waals surface area contributed by atoms with Gasteiger partial charge in [0.25, 0.3) is 0 Å². The zero-order valence-corrected chi connectivity index (χ0v) is 15.1. The summed E-state index contributed by atoms with van der Waals surface area (Å²) in [5, 5.41) is 3.32. The highest BCUT2D eigenvalue weighted by atomic mass is 79.9. The Morgan fingerprint density at radius 2 is 2.04 bits per heavy atom. The van der Waals surface area contributed by atoms with Gasteiger partial charge in [-0.2, -0.15) is 0 Å².